The van der Waals surface area contributed by atoms with E-state index in [9.17, 15) is 9.59 Å². The highest BCUT2D eigenvalue weighted by atomic mass is 16.1. The van der Waals surface area contributed by atoms with E-state index in [1.807, 2.05) is 18.2 Å². The smallest absolute Gasteiger partial charge is 0.221 e. The van der Waals surface area contributed by atoms with Gasteiger partial charge in [-0.05, 0) is 25.2 Å². The number of likely N-dealkylation sites (N-methyl/N-ethyl adjacent to an activating group) is 1. The summed E-state index contributed by atoms with van der Waals surface area (Å²) >= 11 is 0. The Bertz CT molecular complexity index is 707. The molecule has 6 nitrogen and oxygen atoms in total. The third-order valence-corrected chi connectivity index (χ3v) is 3.96. The number of amides is 1. The van der Waals surface area contributed by atoms with Crippen molar-refractivity contribution in [3.05, 3.63) is 40.7 Å². The topological polar surface area (TPSA) is 67.2 Å². The van der Waals surface area contributed by atoms with E-state index in [0.717, 1.165) is 25.2 Å². The summed E-state index contributed by atoms with van der Waals surface area (Å²) in [6.07, 6.45) is 1.65. The first-order valence-corrected chi connectivity index (χ1v) is 8.09. The maximum Gasteiger partial charge on any atom is 0.221 e. The van der Waals surface area contributed by atoms with Crippen molar-refractivity contribution in [2.24, 2.45) is 0 Å². The zero-order valence-electron chi connectivity index (χ0n) is 13.8. The molecular formula is C17H24N4O2. The van der Waals surface area contributed by atoms with Crippen LogP contribution in [0.5, 0.6) is 0 Å². The highest BCUT2D eigenvalue weighted by molar-refractivity contribution is 5.79. The predicted molar refractivity (Wildman–Crippen MR) is 91.4 cm³/mol. The lowest BCUT2D eigenvalue weighted by atomic mass is 10.2. The summed E-state index contributed by atoms with van der Waals surface area (Å²) in [7, 11) is 0. The summed E-state index contributed by atoms with van der Waals surface area (Å²) in [5.41, 5.74) is 0.663. The molecule has 0 aliphatic rings. The van der Waals surface area contributed by atoms with Gasteiger partial charge in [0.05, 0.1) is 18.3 Å². The van der Waals surface area contributed by atoms with Crippen LogP contribution in [-0.2, 0) is 11.3 Å². The van der Waals surface area contributed by atoms with Gasteiger partial charge in [-0.1, -0.05) is 26.0 Å². The van der Waals surface area contributed by atoms with E-state index in [4.69, 9.17) is 0 Å². The Hall–Kier alpha value is -2.21. The molecular weight excluding hydrogens is 292 g/mol. The van der Waals surface area contributed by atoms with E-state index in [1.54, 1.807) is 10.7 Å². The molecule has 1 aromatic carbocycles. The molecule has 0 aliphatic carbocycles. The first-order valence-electron chi connectivity index (χ1n) is 8.09. The van der Waals surface area contributed by atoms with Gasteiger partial charge >= 0.3 is 0 Å². The van der Waals surface area contributed by atoms with Gasteiger partial charge in [0.15, 0.2) is 0 Å². The summed E-state index contributed by atoms with van der Waals surface area (Å²) in [5, 5.41) is 7.69. The van der Waals surface area contributed by atoms with Crippen molar-refractivity contribution < 1.29 is 4.79 Å². The van der Waals surface area contributed by atoms with Crippen molar-refractivity contribution in [1.82, 2.24) is 20.0 Å². The van der Waals surface area contributed by atoms with Gasteiger partial charge < -0.3 is 10.2 Å². The largest absolute Gasteiger partial charge is 0.355 e. The average Bonchev–Trinajstić information content (AvgIpc) is 2.58. The SMILES string of the molecule is CCN(CC)CCNC(=O)CCn1ncc(=O)c2ccccc21. The monoisotopic (exact) mass is 316 g/mol. The van der Waals surface area contributed by atoms with E-state index >= 15 is 0 Å². The quantitative estimate of drug-likeness (QED) is 0.796. The number of aryl methyl sites for hydroxylation is 1. The summed E-state index contributed by atoms with van der Waals surface area (Å²) in [4.78, 5) is 26.0. The molecule has 0 bridgehead atoms. The molecule has 0 spiro atoms. The fraction of sp³-hybridized carbons (Fsp3) is 0.471. The minimum atomic E-state index is -0.0967. The summed E-state index contributed by atoms with van der Waals surface area (Å²) in [6, 6.07) is 7.32. The highest BCUT2D eigenvalue weighted by Crippen LogP contribution is 2.08. The van der Waals surface area contributed by atoms with Gasteiger partial charge in [0.2, 0.25) is 11.3 Å². The molecule has 0 saturated carbocycles. The Kier molecular flexibility index (Phi) is 6.29. The predicted octanol–water partition coefficient (Wildman–Crippen LogP) is 1.24. The minimum absolute atomic E-state index is 0.00161. The van der Waals surface area contributed by atoms with E-state index in [2.05, 4.69) is 29.2 Å². The molecule has 0 saturated heterocycles. The molecule has 1 amide bonds. The normalized spacial score (nSPS) is 11.1. The van der Waals surface area contributed by atoms with Crippen LogP contribution in [0.1, 0.15) is 20.3 Å². The molecule has 0 radical (unpaired) electrons. The van der Waals surface area contributed by atoms with Crippen molar-refractivity contribution in [2.45, 2.75) is 26.8 Å². The Morgan fingerprint density at radius 2 is 2.00 bits per heavy atom. The first-order chi connectivity index (χ1) is 11.2. The highest BCUT2D eigenvalue weighted by Gasteiger charge is 2.06. The Morgan fingerprint density at radius 1 is 1.26 bits per heavy atom. The van der Waals surface area contributed by atoms with Gasteiger partial charge in [-0.2, -0.15) is 5.10 Å². The van der Waals surface area contributed by atoms with E-state index in [0.29, 0.717) is 24.9 Å². The number of aromatic nitrogens is 2. The van der Waals surface area contributed by atoms with Crippen LogP contribution in [0, 0.1) is 0 Å². The number of rotatable bonds is 8. The van der Waals surface area contributed by atoms with Gasteiger partial charge in [0, 0.05) is 24.9 Å². The second kappa shape index (κ2) is 8.43. The zero-order valence-corrected chi connectivity index (χ0v) is 13.8. The molecule has 6 heteroatoms. The van der Waals surface area contributed by atoms with Crippen LogP contribution >= 0.6 is 0 Å². The number of benzene rings is 1. The fourth-order valence-electron chi connectivity index (χ4n) is 2.53. The van der Waals surface area contributed by atoms with Crippen molar-refractivity contribution in [1.29, 1.82) is 0 Å². The van der Waals surface area contributed by atoms with Crippen LogP contribution in [0.25, 0.3) is 10.9 Å². The van der Waals surface area contributed by atoms with Gasteiger partial charge in [-0.25, -0.2) is 0 Å². The molecule has 1 heterocycles. The number of para-hydroxylation sites is 1. The standard InChI is InChI=1S/C17H24N4O2/c1-3-20(4-2)12-10-18-17(23)9-11-21-15-8-6-5-7-14(15)16(22)13-19-21/h5-8,13H,3-4,9-12H2,1-2H3,(H,18,23). The second-order valence-corrected chi connectivity index (χ2v) is 5.38. The van der Waals surface area contributed by atoms with Gasteiger partial charge in [-0.3, -0.25) is 14.3 Å². The Balaban J connectivity index is 1.90. The molecule has 2 aromatic rings. The van der Waals surface area contributed by atoms with Crippen molar-refractivity contribution in [2.75, 3.05) is 26.2 Å². The first kappa shape index (κ1) is 17.1. The molecule has 1 N–H and O–H groups in total. The number of carbonyl (C=O) groups is 1. The molecule has 124 valence electrons. The van der Waals surface area contributed by atoms with Crippen LogP contribution in [0.3, 0.4) is 0 Å². The second-order valence-electron chi connectivity index (χ2n) is 5.38. The van der Waals surface area contributed by atoms with Gasteiger partial charge in [-0.15, -0.1) is 0 Å². The lowest BCUT2D eigenvalue weighted by Crippen LogP contribution is -2.35. The molecule has 0 atom stereocenters. The van der Waals surface area contributed by atoms with Crippen LogP contribution in [-0.4, -0.2) is 46.8 Å². The van der Waals surface area contributed by atoms with E-state index in [1.165, 1.54) is 6.20 Å². The third kappa shape index (κ3) is 4.63. The third-order valence-electron chi connectivity index (χ3n) is 3.96. The average molecular weight is 316 g/mol. The van der Waals surface area contributed by atoms with Crippen molar-refractivity contribution in [3.63, 3.8) is 0 Å². The maximum atomic E-state index is 11.9. The summed E-state index contributed by atoms with van der Waals surface area (Å²) in [5.74, 6) is 0.00161. The molecule has 1 aromatic heterocycles. The fourth-order valence-corrected chi connectivity index (χ4v) is 2.53. The number of fused-ring (bicyclic) bond motifs is 1. The number of carbonyl (C=O) groups excluding carboxylic acids is 1. The minimum Gasteiger partial charge on any atom is -0.355 e. The number of nitrogens with one attached hydrogen (secondary N) is 1. The summed E-state index contributed by atoms with van der Waals surface area (Å²) in [6.45, 7) is 8.16. The van der Waals surface area contributed by atoms with E-state index < -0.39 is 0 Å². The number of hydrogen-bond acceptors (Lipinski definition) is 4. The van der Waals surface area contributed by atoms with Crippen LogP contribution in [0.15, 0.2) is 35.3 Å². The van der Waals surface area contributed by atoms with E-state index in [-0.39, 0.29) is 11.3 Å². The maximum absolute atomic E-state index is 11.9. The van der Waals surface area contributed by atoms with Crippen molar-refractivity contribution in [3.8, 4) is 0 Å². The van der Waals surface area contributed by atoms with Gasteiger partial charge in [0.1, 0.15) is 0 Å². The Morgan fingerprint density at radius 3 is 2.74 bits per heavy atom. The number of hydrogen-bond donors (Lipinski definition) is 1. The number of nitrogens with zero attached hydrogens (tertiary/aromatic N) is 3. The molecule has 2 rings (SSSR count). The van der Waals surface area contributed by atoms with Crippen LogP contribution in [0.2, 0.25) is 0 Å². The summed E-state index contributed by atoms with van der Waals surface area (Å²) < 4.78 is 1.71. The zero-order chi connectivity index (χ0) is 16.7. The Labute approximate surface area is 136 Å². The van der Waals surface area contributed by atoms with Crippen molar-refractivity contribution >= 4 is 16.8 Å². The lowest BCUT2D eigenvalue weighted by molar-refractivity contribution is -0.121. The molecule has 0 aliphatic heterocycles. The molecule has 0 unspecified atom stereocenters. The van der Waals surface area contributed by atoms with Gasteiger partial charge in [0.25, 0.3) is 0 Å². The lowest BCUT2D eigenvalue weighted by Gasteiger charge is -2.18. The molecule has 0 fully saturated rings. The van der Waals surface area contributed by atoms with Crippen LogP contribution < -0.4 is 10.7 Å². The van der Waals surface area contributed by atoms with Crippen LogP contribution in [0.4, 0.5) is 0 Å². The molecule has 23 heavy (non-hydrogen) atoms.